The predicted octanol–water partition coefficient (Wildman–Crippen LogP) is 0.326. The number of amides is 1. The molecule has 2 rings (SSSR count). The molecule has 1 atom stereocenters. The van der Waals surface area contributed by atoms with E-state index in [0.717, 1.165) is 39.0 Å². The van der Waals surface area contributed by atoms with Gasteiger partial charge in [0.25, 0.3) is 0 Å². The molecule has 2 aliphatic heterocycles. The van der Waals surface area contributed by atoms with E-state index in [0.29, 0.717) is 18.4 Å². The SMILES string of the molecule is NCC1CCN(C2CCCNC(=O)C2)CC1. The van der Waals surface area contributed by atoms with Gasteiger partial charge in [0, 0.05) is 19.0 Å². The van der Waals surface area contributed by atoms with Gasteiger partial charge in [0.05, 0.1) is 0 Å². The smallest absolute Gasteiger partial charge is 0.221 e. The average Bonchev–Trinajstić information content (AvgIpc) is 2.54. The predicted molar refractivity (Wildman–Crippen MR) is 64.0 cm³/mol. The summed E-state index contributed by atoms with van der Waals surface area (Å²) in [6, 6.07) is 0.473. The van der Waals surface area contributed by atoms with E-state index in [1.807, 2.05) is 0 Å². The number of carbonyl (C=O) groups is 1. The number of hydrogen-bond donors (Lipinski definition) is 2. The van der Waals surface area contributed by atoms with Crippen LogP contribution in [-0.4, -0.2) is 43.0 Å². The summed E-state index contributed by atoms with van der Waals surface area (Å²) in [4.78, 5) is 14.0. The summed E-state index contributed by atoms with van der Waals surface area (Å²) in [5.41, 5.74) is 5.69. The van der Waals surface area contributed by atoms with Crippen LogP contribution in [-0.2, 0) is 4.79 Å². The first-order valence-electron chi connectivity index (χ1n) is 6.50. The van der Waals surface area contributed by atoms with E-state index >= 15 is 0 Å². The maximum atomic E-state index is 11.5. The van der Waals surface area contributed by atoms with Gasteiger partial charge in [-0.1, -0.05) is 0 Å². The zero-order valence-electron chi connectivity index (χ0n) is 9.95. The Balaban J connectivity index is 1.85. The number of likely N-dealkylation sites (tertiary alicyclic amines) is 1. The highest BCUT2D eigenvalue weighted by Crippen LogP contribution is 2.22. The summed E-state index contributed by atoms with van der Waals surface area (Å²) in [6.45, 7) is 3.92. The summed E-state index contributed by atoms with van der Waals surface area (Å²) in [5.74, 6) is 0.930. The zero-order chi connectivity index (χ0) is 11.4. The molecule has 2 fully saturated rings. The fraction of sp³-hybridized carbons (Fsp3) is 0.917. The van der Waals surface area contributed by atoms with E-state index < -0.39 is 0 Å². The van der Waals surface area contributed by atoms with Crippen LogP contribution in [0.5, 0.6) is 0 Å². The number of nitrogens with zero attached hydrogens (tertiary/aromatic N) is 1. The first kappa shape index (κ1) is 11.9. The minimum Gasteiger partial charge on any atom is -0.356 e. The van der Waals surface area contributed by atoms with Gasteiger partial charge in [-0.2, -0.15) is 0 Å². The topological polar surface area (TPSA) is 58.4 Å². The Morgan fingerprint density at radius 3 is 2.75 bits per heavy atom. The van der Waals surface area contributed by atoms with Crippen LogP contribution < -0.4 is 11.1 Å². The molecule has 0 aromatic carbocycles. The first-order valence-corrected chi connectivity index (χ1v) is 6.50. The molecule has 0 spiro atoms. The molecule has 3 N–H and O–H groups in total. The molecule has 4 heteroatoms. The van der Waals surface area contributed by atoms with Gasteiger partial charge in [-0.25, -0.2) is 0 Å². The standard InChI is InChI=1S/C12H23N3O/c13-9-10-3-6-15(7-4-10)11-2-1-5-14-12(16)8-11/h10-11H,1-9,13H2,(H,14,16). The Kier molecular flexibility index (Phi) is 4.18. The van der Waals surface area contributed by atoms with Crippen LogP contribution in [0.3, 0.4) is 0 Å². The van der Waals surface area contributed by atoms with E-state index in [4.69, 9.17) is 5.73 Å². The Morgan fingerprint density at radius 2 is 2.06 bits per heavy atom. The third kappa shape index (κ3) is 2.95. The van der Waals surface area contributed by atoms with Crippen LogP contribution in [0.4, 0.5) is 0 Å². The van der Waals surface area contributed by atoms with Crippen molar-refractivity contribution in [1.82, 2.24) is 10.2 Å². The third-order valence-electron chi connectivity index (χ3n) is 3.96. The molecule has 4 nitrogen and oxygen atoms in total. The lowest BCUT2D eigenvalue weighted by molar-refractivity contribution is -0.121. The number of hydrogen-bond acceptors (Lipinski definition) is 3. The van der Waals surface area contributed by atoms with Gasteiger partial charge >= 0.3 is 0 Å². The summed E-state index contributed by atoms with van der Waals surface area (Å²) < 4.78 is 0. The minimum absolute atomic E-state index is 0.225. The van der Waals surface area contributed by atoms with E-state index in [-0.39, 0.29) is 5.91 Å². The first-order chi connectivity index (χ1) is 7.79. The molecule has 92 valence electrons. The number of carbonyl (C=O) groups excluding carboxylic acids is 1. The van der Waals surface area contributed by atoms with Crippen molar-refractivity contribution in [2.45, 2.75) is 38.1 Å². The largest absolute Gasteiger partial charge is 0.356 e. The van der Waals surface area contributed by atoms with Crippen LogP contribution in [0.15, 0.2) is 0 Å². The van der Waals surface area contributed by atoms with Gasteiger partial charge in [-0.05, 0) is 51.2 Å². The molecule has 0 aliphatic carbocycles. The van der Waals surface area contributed by atoms with Crippen molar-refractivity contribution in [3.05, 3.63) is 0 Å². The van der Waals surface area contributed by atoms with Crippen molar-refractivity contribution in [3.63, 3.8) is 0 Å². The van der Waals surface area contributed by atoms with E-state index in [1.165, 1.54) is 12.8 Å². The van der Waals surface area contributed by atoms with Gasteiger partial charge in [0.15, 0.2) is 0 Å². The summed E-state index contributed by atoms with van der Waals surface area (Å²) in [5, 5.41) is 2.95. The van der Waals surface area contributed by atoms with Crippen molar-refractivity contribution < 1.29 is 4.79 Å². The highest BCUT2D eigenvalue weighted by molar-refractivity contribution is 5.76. The zero-order valence-corrected chi connectivity index (χ0v) is 9.95. The molecule has 16 heavy (non-hydrogen) atoms. The van der Waals surface area contributed by atoms with Gasteiger partial charge in [-0.15, -0.1) is 0 Å². The van der Waals surface area contributed by atoms with Gasteiger partial charge in [0.2, 0.25) is 5.91 Å². The molecule has 0 aromatic rings. The fourth-order valence-electron chi connectivity index (χ4n) is 2.82. The second-order valence-corrected chi connectivity index (χ2v) is 5.07. The van der Waals surface area contributed by atoms with Crippen LogP contribution in [0, 0.1) is 5.92 Å². The molecule has 0 saturated carbocycles. The van der Waals surface area contributed by atoms with Crippen LogP contribution in [0.1, 0.15) is 32.1 Å². The molecular weight excluding hydrogens is 202 g/mol. The number of nitrogens with one attached hydrogen (secondary N) is 1. The summed E-state index contributed by atoms with van der Waals surface area (Å²) in [6.07, 6.45) is 5.37. The lowest BCUT2D eigenvalue weighted by atomic mass is 9.94. The van der Waals surface area contributed by atoms with E-state index in [1.54, 1.807) is 0 Å². The van der Waals surface area contributed by atoms with Crippen LogP contribution in [0.25, 0.3) is 0 Å². The lowest BCUT2D eigenvalue weighted by Crippen LogP contribution is -2.43. The van der Waals surface area contributed by atoms with Crippen molar-refractivity contribution in [2.24, 2.45) is 11.7 Å². The monoisotopic (exact) mass is 225 g/mol. The highest BCUT2D eigenvalue weighted by Gasteiger charge is 2.27. The van der Waals surface area contributed by atoms with Crippen LogP contribution in [0.2, 0.25) is 0 Å². The Bertz CT molecular complexity index is 236. The Labute approximate surface area is 97.6 Å². The van der Waals surface area contributed by atoms with Crippen molar-refractivity contribution in [2.75, 3.05) is 26.2 Å². The molecular formula is C12H23N3O. The minimum atomic E-state index is 0.225. The molecule has 2 heterocycles. The maximum Gasteiger partial charge on any atom is 0.221 e. The van der Waals surface area contributed by atoms with Crippen molar-refractivity contribution >= 4 is 5.91 Å². The summed E-state index contributed by atoms with van der Waals surface area (Å²) in [7, 11) is 0. The Morgan fingerprint density at radius 1 is 1.31 bits per heavy atom. The molecule has 0 aromatic heterocycles. The second kappa shape index (κ2) is 5.64. The molecule has 1 amide bonds. The van der Waals surface area contributed by atoms with Gasteiger partial charge in [0.1, 0.15) is 0 Å². The molecule has 2 aliphatic rings. The normalized spacial score (nSPS) is 29.8. The quantitative estimate of drug-likeness (QED) is 0.712. The van der Waals surface area contributed by atoms with E-state index in [2.05, 4.69) is 10.2 Å². The third-order valence-corrected chi connectivity index (χ3v) is 3.96. The van der Waals surface area contributed by atoms with Crippen molar-refractivity contribution in [1.29, 1.82) is 0 Å². The van der Waals surface area contributed by atoms with Gasteiger partial charge in [-0.3, -0.25) is 9.69 Å². The number of rotatable bonds is 2. The lowest BCUT2D eigenvalue weighted by Gasteiger charge is -2.36. The van der Waals surface area contributed by atoms with Gasteiger partial charge < -0.3 is 11.1 Å². The molecule has 1 unspecified atom stereocenters. The molecule has 0 radical (unpaired) electrons. The Hall–Kier alpha value is -0.610. The van der Waals surface area contributed by atoms with E-state index in [9.17, 15) is 4.79 Å². The highest BCUT2D eigenvalue weighted by atomic mass is 16.1. The second-order valence-electron chi connectivity index (χ2n) is 5.07. The average molecular weight is 225 g/mol. The van der Waals surface area contributed by atoms with Crippen molar-refractivity contribution in [3.8, 4) is 0 Å². The maximum absolute atomic E-state index is 11.5. The fourth-order valence-corrected chi connectivity index (χ4v) is 2.82. The number of nitrogens with two attached hydrogens (primary N) is 1. The number of piperidine rings is 1. The molecule has 0 bridgehead atoms. The summed E-state index contributed by atoms with van der Waals surface area (Å²) >= 11 is 0. The van der Waals surface area contributed by atoms with Crippen LogP contribution >= 0.6 is 0 Å². The molecule has 2 saturated heterocycles.